The third-order valence-electron chi connectivity index (χ3n) is 5.13. The molecule has 0 bridgehead atoms. The first-order chi connectivity index (χ1) is 13.6. The molecule has 0 radical (unpaired) electrons. The summed E-state index contributed by atoms with van der Waals surface area (Å²) in [5.41, 5.74) is 1.98. The highest BCUT2D eigenvalue weighted by molar-refractivity contribution is 6.07. The molecule has 7 heteroatoms. The molecule has 1 saturated heterocycles. The molecule has 3 aromatic rings. The fourth-order valence-corrected chi connectivity index (χ4v) is 3.61. The van der Waals surface area contributed by atoms with Gasteiger partial charge in [0.2, 0.25) is 5.76 Å². The van der Waals surface area contributed by atoms with Gasteiger partial charge in [0.25, 0.3) is 5.91 Å². The second-order valence-electron chi connectivity index (χ2n) is 7.23. The number of carbonyl (C=O) groups excluding carboxylic acids is 1. The number of nitrogens with zero attached hydrogens (tertiary/aromatic N) is 2. The number of furan rings is 1. The molecule has 146 valence electrons. The molecule has 1 fully saturated rings. The van der Waals surface area contributed by atoms with E-state index in [4.69, 9.17) is 4.42 Å². The van der Waals surface area contributed by atoms with E-state index in [9.17, 15) is 14.3 Å². The van der Waals surface area contributed by atoms with Gasteiger partial charge in [0.15, 0.2) is 0 Å². The normalized spacial score (nSPS) is 17.1. The Morgan fingerprint density at radius 1 is 1.43 bits per heavy atom. The predicted molar refractivity (Wildman–Crippen MR) is 104 cm³/mol. The van der Waals surface area contributed by atoms with Crippen LogP contribution in [-0.4, -0.2) is 40.6 Å². The Bertz CT molecular complexity index is 1020. The number of halogens is 1. The lowest BCUT2D eigenvalue weighted by Crippen LogP contribution is -2.41. The minimum absolute atomic E-state index is 0.0491. The average Bonchev–Trinajstić information content (AvgIpc) is 3.08. The molecule has 2 aromatic heterocycles. The highest BCUT2D eigenvalue weighted by atomic mass is 19.1. The number of aliphatic hydroxyl groups is 1. The van der Waals surface area contributed by atoms with Crippen LogP contribution in [0.1, 0.15) is 29.0 Å². The minimum Gasteiger partial charge on any atom is -0.448 e. The Labute approximate surface area is 162 Å². The molecule has 1 atom stereocenters. The molecular weight excluding hydrogens is 361 g/mol. The van der Waals surface area contributed by atoms with E-state index in [2.05, 4.69) is 10.3 Å². The third-order valence-corrected chi connectivity index (χ3v) is 5.13. The van der Waals surface area contributed by atoms with Gasteiger partial charge in [0, 0.05) is 32.1 Å². The molecule has 1 aliphatic heterocycles. The van der Waals surface area contributed by atoms with Crippen molar-refractivity contribution in [1.29, 1.82) is 0 Å². The molecule has 0 spiro atoms. The van der Waals surface area contributed by atoms with Crippen molar-refractivity contribution >= 4 is 28.3 Å². The number of hydrogen-bond donors (Lipinski definition) is 2. The van der Waals surface area contributed by atoms with E-state index in [-0.39, 0.29) is 29.9 Å². The molecule has 1 unspecified atom stereocenters. The Morgan fingerprint density at radius 2 is 2.29 bits per heavy atom. The SMILES string of the molecule is Cc1ccc(Nc2c(C(=O)N3CCCC(CO)C3)oc3ccncc23)c(F)c1. The summed E-state index contributed by atoms with van der Waals surface area (Å²) in [6, 6.07) is 6.54. The van der Waals surface area contributed by atoms with Gasteiger partial charge in [-0.25, -0.2) is 4.39 Å². The zero-order valence-corrected chi connectivity index (χ0v) is 15.6. The van der Waals surface area contributed by atoms with Crippen LogP contribution >= 0.6 is 0 Å². The third kappa shape index (κ3) is 3.45. The summed E-state index contributed by atoms with van der Waals surface area (Å²) in [6.07, 6.45) is 4.90. The van der Waals surface area contributed by atoms with E-state index in [1.54, 1.807) is 35.5 Å². The molecule has 0 aliphatic carbocycles. The predicted octanol–water partition coefficient (Wildman–Crippen LogP) is 3.86. The number of piperidine rings is 1. The molecular formula is C21H22FN3O3. The Kier molecular flexibility index (Phi) is 5.00. The number of fused-ring (bicyclic) bond motifs is 1. The summed E-state index contributed by atoms with van der Waals surface area (Å²) < 4.78 is 20.2. The molecule has 0 saturated carbocycles. The fourth-order valence-electron chi connectivity index (χ4n) is 3.61. The van der Waals surface area contributed by atoms with Crippen LogP contribution in [0, 0.1) is 18.7 Å². The van der Waals surface area contributed by atoms with Gasteiger partial charge in [-0.3, -0.25) is 9.78 Å². The first-order valence-corrected chi connectivity index (χ1v) is 9.36. The van der Waals surface area contributed by atoms with Crippen LogP contribution < -0.4 is 5.32 Å². The van der Waals surface area contributed by atoms with Gasteiger partial charge in [-0.05, 0) is 49.4 Å². The van der Waals surface area contributed by atoms with Gasteiger partial charge in [-0.2, -0.15) is 0 Å². The number of hydrogen-bond acceptors (Lipinski definition) is 5. The largest absolute Gasteiger partial charge is 0.448 e. The van der Waals surface area contributed by atoms with Crippen molar-refractivity contribution in [3.05, 3.63) is 53.8 Å². The maximum atomic E-state index is 14.4. The van der Waals surface area contributed by atoms with Crippen LogP contribution in [0.4, 0.5) is 15.8 Å². The van der Waals surface area contributed by atoms with Crippen molar-refractivity contribution in [2.45, 2.75) is 19.8 Å². The molecule has 6 nitrogen and oxygen atoms in total. The average molecular weight is 383 g/mol. The molecule has 1 amide bonds. The van der Waals surface area contributed by atoms with Crippen molar-refractivity contribution in [3.8, 4) is 0 Å². The zero-order valence-electron chi connectivity index (χ0n) is 15.6. The van der Waals surface area contributed by atoms with Gasteiger partial charge >= 0.3 is 0 Å². The van der Waals surface area contributed by atoms with Gasteiger partial charge in [-0.15, -0.1) is 0 Å². The van der Waals surface area contributed by atoms with Gasteiger partial charge in [0.1, 0.15) is 17.1 Å². The quantitative estimate of drug-likeness (QED) is 0.715. The number of aliphatic hydroxyl groups excluding tert-OH is 1. The van der Waals surface area contributed by atoms with Crippen molar-refractivity contribution in [2.75, 3.05) is 25.0 Å². The lowest BCUT2D eigenvalue weighted by molar-refractivity contribution is 0.0593. The number of pyridine rings is 1. The lowest BCUT2D eigenvalue weighted by atomic mass is 9.99. The van der Waals surface area contributed by atoms with E-state index in [1.165, 1.54) is 6.07 Å². The monoisotopic (exact) mass is 383 g/mol. The van der Waals surface area contributed by atoms with Crippen LogP contribution in [0.15, 0.2) is 41.1 Å². The highest BCUT2D eigenvalue weighted by Crippen LogP contribution is 2.35. The first kappa shape index (κ1) is 18.4. The number of rotatable bonds is 4. The molecule has 3 heterocycles. The number of nitrogens with one attached hydrogen (secondary N) is 1. The van der Waals surface area contributed by atoms with Crippen molar-refractivity contribution in [3.63, 3.8) is 0 Å². The van der Waals surface area contributed by atoms with Gasteiger partial charge in [0.05, 0.1) is 11.1 Å². The molecule has 2 N–H and O–H groups in total. The summed E-state index contributed by atoms with van der Waals surface area (Å²) in [7, 11) is 0. The van der Waals surface area contributed by atoms with Crippen molar-refractivity contribution < 1.29 is 18.7 Å². The Hall–Kier alpha value is -2.93. The van der Waals surface area contributed by atoms with E-state index >= 15 is 0 Å². The summed E-state index contributed by atoms with van der Waals surface area (Å²) in [5.74, 6) is -0.490. The smallest absolute Gasteiger partial charge is 0.291 e. The standard InChI is InChI=1S/C21H22FN3O3/c1-13-4-5-17(16(22)9-13)24-19-15-10-23-7-6-18(15)28-20(19)21(27)25-8-2-3-14(11-25)12-26/h4-7,9-10,14,24,26H,2-3,8,11-12H2,1H3. The number of aryl methyl sites for hydroxylation is 1. The van der Waals surface area contributed by atoms with Crippen LogP contribution in [-0.2, 0) is 0 Å². The van der Waals surface area contributed by atoms with Crippen LogP contribution in [0.3, 0.4) is 0 Å². The van der Waals surface area contributed by atoms with Crippen molar-refractivity contribution in [2.24, 2.45) is 5.92 Å². The second kappa shape index (κ2) is 7.59. The van der Waals surface area contributed by atoms with Crippen molar-refractivity contribution in [1.82, 2.24) is 9.88 Å². The zero-order chi connectivity index (χ0) is 19.7. The maximum absolute atomic E-state index is 14.4. The summed E-state index contributed by atoms with van der Waals surface area (Å²) in [6.45, 7) is 2.94. The van der Waals surface area contributed by atoms with Gasteiger partial charge < -0.3 is 19.7 Å². The summed E-state index contributed by atoms with van der Waals surface area (Å²) in [4.78, 5) is 19.0. The topological polar surface area (TPSA) is 78.6 Å². The van der Waals surface area contributed by atoms with E-state index in [0.717, 1.165) is 18.4 Å². The summed E-state index contributed by atoms with van der Waals surface area (Å²) in [5, 5.41) is 13.1. The Morgan fingerprint density at radius 3 is 3.07 bits per heavy atom. The van der Waals surface area contributed by atoms with Crippen LogP contribution in [0.5, 0.6) is 0 Å². The van der Waals surface area contributed by atoms with E-state index in [0.29, 0.717) is 29.7 Å². The maximum Gasteiger partial charge on any atom is 0.291 e. The molecule has 4 rings (SSSR count). The van der Waals surface area contributed by atoms with Crippen LogP contribution in [0.2, 0.25) is 0 Å². The number of carbonyl (C=O) groups is 1. The second-order valence-corrected chi connectivity index (χ2v) is 7.23. The summed E-state index contributed by atoms with van der Waals surface area (Å²) >= 11 is 0. The molecule has 28 heavy (non-hydrogen) atoms. The number of amides is 1. The highest BCUT2D eigenvalue weighted by Gasteiger charge is 2.29. The number of anilines is 2. The number of aromatic nitrogens is 1. The molecule has 1 aliphatic rings. The minimum atomic E-state index is -0.407. The van der Waals surface area contributed by atoms with E-state index < -0.39 is 5.82 Å². The number of likely N-dealkylation sites (tertiary alicyclic amines) is 1. The first-order valence-electron chi connectivity index (χ1n) is 9.36. The van der Waals surface area contributed by atoms with Crippen LogP contribution in [0.25, 0.3) is 11.0 Å². The fraction of sp³-hybridized carbons (Fsp3) is 0.333. The Balaban J connectivity index is 1.73. The molecule has 1 aromatic carbocycles. The number of benzene rings is 1. The van der Waals surface area contributed by atoms with Gasteiger partial charge in [-0.1, -0.05) is 6.07 Å². The lowest BCUT2D eigenvalue weighted by Gasteiger charge is -2.31. The van der Waals surface area contributed by atoms with E-state index in [1.807, 2.05) is 6.92 Å².